The number of benzene rings is 2. The maximum Gasteiger partial charge on any atom is 0.328 e. The number of H-pyrrole nitrogens is 1. The Hall–Kier alpha value is -3.33. The zero-order chi connectivity index (χ0) is 23.9. The second kappa shape index (κ2) is 8.55. The van der Waals surface area contributed by atoms with Gasteiger partial charge in [-0.3, -0.25) is 10.00 Å². The Labute approximate surface area is 188 Å². The first kappa shape index (κ1) is 22.8. The van der Waals surface area contributed by atoms with Crippen LogP contribution in [0, 0.1) is 5.82 Å². The predicted molar refractivity (Wildman–Crippen MR) is 118 cm³/mol. The molecule has 0 aliphatic carbocycles. The van der Waals surface area contributed by atoms with Crippen molar-refractivity contribution >= 4 is 22.9 Å². The molecule has 2 aromatic carbocycles. The third-order valence-electron chi connectivity index (χ3n) is 5.97. The van der Waals surface area contributed by atoms with E-state index in [0.717, 1.165) is 41.1 Å². The minimum Gasteiger partial charge on any atom is -0.496 e. The molecule has 33 heavy (non-hydrogen) atoms. The van der Waals surface area contributed by atoms with E-state index >= 15 is 4.39 Å². The Bertz CT molecular complexity index is 1230. The van der Waals surface area contributed by atoms with Gasteiger partial charge in [-0.15, -0.1) is 0 Å². The normalized spacial score (nSPS) is 19.2. The Morgan fingerprint density at radius 3 is 2.79 bits per heavy atom. The lowest BCUT2D eigenvalue weighted by Crippen LogP contribution is -2.47. The van der Waals surface area contributed by atoms with E-state index in [4.69, 9.17) is 9.84 Å². The van der Waals surface area contributed by atoms with Crippen molar-refractivity contribution < 1.29 is 27.8 Å². The average Bonchev–Trinajstić information content (AvgIpc) is 3.21. The van der Waals surface area contributed by atoms with Crippen LogP contribution in [0.3, 0.4) is 0 Å². The van der Waals surface area contributed by atoms with E-state index in [1.54, 1.807) is 11.1 Å². The van der Waals surface area contributed by atoms with Gasteiger partial charge in [-0.2, -0.15) is 5.10 Å². The van der Waals surface area contributed by atoms with Crippen molar-refractivity contribution in [2.24, 2.45) is 0 Å². The standard InChI is InChI=1S/C24H24F3N3O3/c1-13-8-16-15(5-6-20-18(16)11-28-29-20)23(30(13)12-24(2,26)27)17-10-19(25)14(4-7-22(31)32)9-21(17)33-3/h4-7,9-11,13,23H,8,12H2,1-3H3,(H,28,29)(H,31,32)/b7-4+/t13-,23+/m1/s1. The van der Waals surface area contributed by atoms with Gasteiger partial charge in [0.05, 0.1) is 31.4 Å². The van der Waals surface area contributed by atoms with Gasteiger partial charge in [0.1, 0.15) is 11.6 Å². The summed E-state index contributed by atoms with van der Waals surface area (Å²) in [6.07, 6.45) is 4.20. The maximum absolute atomic E-state index is 15.0. The molecule has 0 fully saturated rings. The van der Waals surface area contributed by atoms with Crippen molar-refractivity contribution in [1.29, 1.82) is 0 Å². The lowest BCUT2D eigenvalue weighted by atomic mass is 9.82. The van der Waals surface area contributed by atoms with Gasteiger partial charge in [0.2, 0.25) is 0 Å². The highest BCUT2D eigenvalue weighted by Crippen LogP contribution is 2.44. The molecule has 4 rings (SSSR count). The van der Waals surface area contributed by atoms with Crippen LogP contribution in [0.15, 0.2) is 36.5 Å². The van der Waals surface area contributed by atoms with Gasteiger partial charge in [-0.1, -0.05) is 6.07 Å². The van der Waals surface area contributed by atoms with E-state index in [2.05, 4.69) is 10.2 Å². The minimum absolute atomic E-state index is 0.0275. The molecule has 1 aliphatic heterocycles. The molecule has 2 heterocycles. The van der Waals surface area contributed by atoms with Gasteiger partial charge in [0, 0.05) is 35.6 Å². The number of aromatic nitrogens is 2. The third kappa shape index (κ3) is 4.45. The van der Waals surface area contributed by atoms with Gasteiger partial charge in [-0.25, -0.2) is 18.0 Å². The molecular formula is C24H24F3N3O3. The molecule has 9 heteroatoms. The number of nitrogens with one attached hydrogen (secondary N) is 1. The first-order chi connectivity index (χ1) is 15.6. The maximum atomic E-state index is 15.0. The Morgan fingerprint density at radius 2 is 2.12 bits per heavy atom. The van der Waals surface area contributed by atoms with Crippen LogP contribution >= 0.6 is 0 Å². The highest BCUT2D eigenvalue weighted by atomic mass is 19.3. The molecule has 1 aliphatic rings. The summed E-state index contributed by atoms with van der Waals surface area (Å²) in [6.45, 7) is 2.21. The number of hydrogen-bond donors (Lipinski definition) is 2. The monoisotopic (exact) mass is 459 g/mol. The fourth-order valence-electron chi connectivity index (χ4n) is 4.60. The number of aliphatic carboxylic acids is 1. The van der Waals surface area contributed by atoms with Gasteiger partial charge >= 0.3 is 5.97 Å². The van der Waals surface area contributed by atoms with Crippen LogP contribution in [0.4, 0.5) is 13.2 Å². The smallest absolute Gasteiger partial charge is 0.328 e. The lowest BCUT2D eigenvalue weighted by Gasteiger charge is -2.43. The Balaban J connectivity index is 1.93. The number of halogens is 3. The zero-order valence-electron chi connectivity index (χ0n) is 18.4. The third-order valence-corrected chi connectivity index (χ3v) is 5.97. The fraction of sp³-hybridized carbons (Fsp3) is 0.333. The number of fused-ring (bicyclic) bond motifs is 3. The second-order valence-electron chi connectivity index (χ2n) is 8.45. The number of rotatable bonds is 6. The lowest BCUT2D eigenvalue weighted by molar-refractivity contribution is -0.131. The molecule has 6 nitrogen and oxygen atoms in total. The number of methoxy groups -OCH3 is 1. The molecule has 0 radical (unpaired) electrons. The van der Waals surface area contributed by atoms with Crippen LogP contribution in [0.1, 0.15) is 42.1 Å². The number of alkyl halides is 2. The van der Waals surface area contributed by atoms with Crippen molar-refractivity contribution in [2.75, 3.05) is 13.7 Å². The summed E-state index contributed by atoms with van der Waals surface area (Å²) in [5.74, 6) is -4.58. The summed E-state index contributed by atoms with van der Waals surface area (Å²) in [6, 6.07) is 5.35. The van der Waals surface area contributed by atoms with Crippen LogP contribution in [0.2, 0.25) is 0 Å². The van der Waals surface area contributed by atoms with E-state index in [9.17, 15) is 13.6 Å². The number of carboxylic acids is 1. The fourth-order valence-corrected chi connectivity index (χ4v) is 4.60. The highest BCUT2D eigenvalue weighted by Gasteiger charge is 2.40. The van der Waals surface area contributed by atoms with Crippen molar-refractivity contribution in [3.8, 4) is 5.75 Å². The summed E-state index contributed by atoms with van der Waals surface area (Å²) in [7, 11) is 1.41. The Kier molecular flexibility index (Phi) is 5.92. The van der Waals surface area contributed by atoms with Gasteiger partial charge in [0.15, 0.2) is 0 Å². The first-order valence-electron chi connectivity index (χ1n) is 10.5. The second-order valence-corrected chi connectivity index (χ2v) is 8.45. The van der Waals surface area contributed by atoms with E-state index in [-0.39, 0.29) is 17.4 Å². The number of carboxylic acid groups (broad SMARTS) is 1. The molecule has 0 unspecified atom stereocenters. The molecule has 0 amide bonds. The van der Waals surface area contributed by atoms with Gasteiger partial charge in [0.25, 0.3) is 5.92 Å². The SMILES string of the molecule is COc1cc(/C=C/C(=O)O)c(F)cc1[C@@H]1c2ccc3[nH]ncc3c2C[C@@H](C)N1CC(C)(F)F. The summed E-state index contributed by atoms with van der Waals surface area (Å²) in [5, 5.41) is 16.8. The molecule has 1 aromatic heterocycles. The van der Waals surface area contributed by atoms with Crippen molar-refractivity contribution in [2.45, 2.75) is 38.3 Å². The predicted octanol–water partition coefficient (Wildman–Crippen LogP) is 4.80. The summed E-state index contributed by atoms with van der Waals surface area (Å²) >= 11 is 0. The molecular weight excluding hydrogens is 435 g/mol. The van der Waals surface area contributed by atoms with Crippen molar-refractivity contribution in [3.63, 3.8) is 0 Å². The molecule has 0 spiro atoms. The van der Waals surface area contributed by atoms with Crippen LogP contribution in [-0.2, 0) is 11.2 Å². The topological polar surface area (TPSA) is 78.5 Å². The first-order valence-corrected chi connectivity index (χ1v) is 10.5. The molecule has 3 aromatic rings. The number of hydrogen-bond acceptors (Lipinski definition) is 4. The van der Waals surface area contributed by atoms with Crippen molar-refractivity contribution in [3.05, 3.63) is 64.6 Å². The Morgan fingerprint density at radius 1 is 1.36 bits per heavy atom. The number of aromatic amines is 1. The van der Waals surface area contributed by atoms with Crippen LogP contribution < -0.4 is 4.74 Å². The van der Waals surface area contributed by atoms with E-state index in [1.807, 2.05) is 19.1 Å². The summed E-state index contributed by atoms with van der Waals surface area (Å²) < 4.78 is 49.0. The summed E-state index contributed by atoms with van der Waals surface area (Å²) in [5.41, 5.74) is 2.99. The molecule has 0 saturated carbocycles. The van der Waals surface area contributed by atoms with Crippen molar-refractivity contribution in [1.82, 2.24) is 15.1 Å². The molecule has 2 N–H and O–H groups in total. The molecule has 2 atom stereocenters. The van der Waals surface area contributed by atoms with Crippen LogP contribution in [-0.4, -0.2) is 51.8 Å². The number of nitrogens with zero attached hydrogens (tertiary/aromatic N) is 2. The quantitative estimate of drug-likeness (QED) is 0.518. The minimum atomic E-state index is -2.97. The zero-order valence-corrected chi connectivity index (χ0v) is 18.4. The summed E-state index contributed by atoms with van der Waals surface area (Å²) in [4.78, 5) is 12.5. The molecule has 0 saturated heterocycles. The van der Waals surface area contributed by atoms with E-state index < -0.39 is 30.3 Å². The van der Waals surface area contributed by atoms with Gasteiger partial charge < -0.3 is 9.84 Å². The number of carbonyl (C=O) groups is 1. The molecule has 174 valence electrons. The highest BCUT2D eigenvalue weighted by molar-refractivity contribution is 5.86. The van der Waals surface area contributed by atoms with E-state index in [0.29, 0.717) is 12.0 Å². The number of ether oxygens (including phenoxy) is 1. The van der Waals surface area contributed by atoms with Gasteiger partial charge in [-0.05, 0) is 48.7 Å². The average molecular weight is 459 g/mol. The van der Waals surface area contributed by atoms with E-state index in [1.165, 1.54) is 19.2 Å². The van der Waals surface area contributed by atoms with Crippen LogP contribution in [0.5, 0.6) is 5.75 Å². The molecule has 0 bridgehead atoms. The van der Waals surface area contributed by atoms with Crippen LogP contribution in [0.25, 0.3) is 17.0 Å². The largest absolute Gasteiger partial charge is 0.496 e.